The fourth-order valence-electron chi connectivity index (χ4n) is 2.31. The van der Waals surface area contributed by atoms with Gasteiger partial charge in [0, 0.05) is 28.2 Å². The summed E-state index contributed by atoms with van der Waals surface area (Å²) in [5.41, 5.74) is 8.28. The van der Waals surface area contributed by atoms with Crippen LogP contribution in [0.3, 0.4) is 0 Å². The quantitative estimate of drug-likeness (QED) is 0.782. The lowest BCUT2D eigenvalue weighted by atomic mass is 10.2. The average Bonchev–Trinajstić information content (AvgIpc) is 2.86. The maximum Gasteiger partial charge on any atom is 0.262 e. The molecule has 0 atom stereocenters. The second-order valence-corrected chi connectivity index (χ2v) is 5.47. The third-order valence-corrected chi connectivity index (χ3v) is 3.85. The number of nitrogens with two attached hydrogens (primary N) is 1. The molecule has 0 aliphatic heterocycles. The average molecular weight is 329 g/mol. The summed E-state index contributed by atoms with van der Waals surface area (Å²) in [4.78, 5) is 12.6. The number of halogens is 1. The highest BCUT2D eigenvalue weighted by atomic mass is 79.9. The molecule has 0 aliphatic rings. The fraction of sp³-hybridized carbons (Fsp3) is 0.0625. The molecule has 0 saturated heterocycles. The number of fused-ring (bicyclic) bond motifs is 1. The van der Waals surface area contributed by atoms with Gasteiger partial charge in [0.25, 0.3) is 5.91 Å². The van der Waals surface area contributed by atoms with Gasteiger partial charge < -0.3 is 5.73 Å². The molecule has 1 heterocycles. The lowest BCUT2D eigenvalue weighted by Crippen LogP contribution is -2.10. The molecule has 0 spiro atoms. The van der Waals surface area contributed by atoms with E-state index in [4.69, 9.17) is 5.73 Å². The minimum absolute atomic E-state index is 0.0478. The Bertz CT molecular complexity index is 775. The molecule has 3 rings (SSSR count). The van der Waals surface area contributed by atoms with Crippen molar-refractivity contribution in [3.05, 3.63) is 70.3 Å². The van der Waals surface area contributed by atoms with Crippen LogP contribution in [0.5, 0.6) is 0 Å². The van der Waals surface area contributed by atoms with E-state index in [1.807, 2.05) is 54.7 Å². The number of nitrogens with zero attached hydrogens (tertiary/aromatic N) is 1. The van der Waals surface area contributed by atoms with Crippen LogP contribution < -0.4 is 5.73 Å². The summed E-state index contributed by atoms with van der Waals surface area (Å²) in [5, 5.41) is 1.03. The first-order valence-electron chi connectivity index (χ1n) is 6.30. The highest BCUT2D eigenvalue weighted by molar-refractivity contribution is 9.10. The van der Waals surface area contributed by atoms with Crippen LogP contribution in [-0.4, -0.2) is 10.5 Å². The number of carbonyl (C=O) groups excluding carboxylic acids is 1. The summed E-state index contributed by atoms with van der Waals surface area (Å²) in [6.45, 7) is 0.418. The number of hydrogen-bond acceptors (Lipinski definition) is 2. The SMILES string of the molecule is NCc1cn(C(=O)c2ccc(Br)cc2)c2ccccc12. The van der Waals surface area contributed by atoms with Gasteiger partial charge in [-0.1, -0.05) is 34.1 Å². The Morgan fingerprint density at radius 3 is 2.50 bits per heavy atom. The van der Waals surface area contributed by atoms with Crippen molar-refractivity contribution in [3.63, 3.8) is 0 Å². The van der Waals surface area contributed by atoms with Crippen molar-refractivity contribution in [1.82, 2.24) is 4.57 Å². The molecule has 4 heteroatoms. The van der Waals surface area contributed by atoms with E-state index < -0.39 is 0 Å². The highest BCUT2D eigenvalue weighted by Gasteiger charge is 2.14. The first-order chi connectivity index (χ1) is 9.70. The highest BCUT2D eigenvalue weighted by Crippen LogP contribution is 2.22. The van der Waals surface area contributed by atoms with Crippen LogP contribution in [0.4, 0.5) is 0 Å². The third-order valence-electron chi connectivity index (χ3n) is 3.32. The fourth-order valence-corrected chi connectivity index (χ4v) is 2.58. The molecular formula is C16H13BrN2O. The normalized spacial score (nSPS) is 10.9. The van der Waals surface area contributed by atoms with Gasteiger partial charge in [-0.05, 0) is 35.9 Å². The maximum atomic E-state index is 12.6. The van der Waals surface area contributed by atoms with Gasteiger partial charge in [-0.15, -0.1) is 0 Å². The molecule has 3 nitrogen and oxygen atoms in total. The van der Waals surface area contributed by atoms with Crippen molar-refractivity contribution in [2.75, 3.05) is 0 Å². The van der Waals surface area contributed by atoms with Crippen molar-refractivity contribution in [3.8, 4) is 0 Å². The first-order valence-corrected chi connectivity index (χ1v) is 7.09. The largest absolute Gasteiger partial charge is 0.326 e. The number of para-hydroxylation sites is 1. The predicted molar refractivity (Wildman–Crippen MR) is 83.7 cm³/mol. The topological polar surface area (TPSA) is 48.0 Å². The van der Waals surface area contributed by atoms with Crippen LogP contribution in [0.2, 0.25) is 0 Å². The molecule has 0 radical (unpaired) electrons. The number of aromatic nitrogens is 1. The Balaban J connectivity index is 2.14. The zero-order chi connectivity index (χ0) is 14.1. The number of hydrogen-bond donors (Lipinski definition) is 1. The summed E-state index contributed by atoms with van der Waals surface area (Å²) in [6.07, 6.45) is 1.83. The summed E-state index contributed by atoms with van der Waals surface area (Å²) in [6, 6.07) is 15.1. The maximum absolute atomic E-state index is 12.6. The summed E-state index contributed by atoms with van der Waals surface area (Å²) >= 11 is 3.37. The van der Waals surface area contributed by atoms with E-state index in [0.29, 0.717) is 12.1 Å². The molecule has 20 heavy (non-hydrogen) atoms. The molecule has 0 amide bonds. The number of carbonyl (C=O) groups is 1. The zero-order valence-corrected chi connectivity index (χ0v) is 12.3. The van der Waals surface area contributed by atoms with Crippen LogP contribution in [0.15, 0.2) is 59.2 Å². The molecule has 2 N–H and O–H groups in total. The van der Waals surface area contributed by atoms with Gasteiger partial charge >= 0.3 is 0 Å². The molecule has 3 aromatic rings. The van der Waals surface area contributed by atoms with Gasteiger partial charge in [0.05, 0.1) is 5.52 Å². The molecule has 0 unspecified atom stereocenters. The monoisotopic (exact) mass is 328 g/mol. The zero-order valence-electron chi connectivity index (χ0n) is 10.7. The van der Waals surface area contributed by atoms with Gasteiger partial charge in [0.1, 0.15) is 0 Å². The van der Waals surface area contributed by atoms with E-state index in [0.717, 1.165) is 20.9 Å². The smallest absolute Gasteiger partial charge is 0.262 e. The van der Waals surface area contributed by atoms with E-state index in [-0.39, 0.29) is 5.91 Å². The molecule has 0 aliphatic carbocycles. The Hall–Kier alpha value is -1.91. The minimum atomic E-state index is -0.0478. The van der Waals surface area contributed by atoms with Gasteiger partial charge in [0.15, 0.2) is 0 Å². The molecule has 1 aromatic heterocycles. The summed E-state index contributed by atoms with van der Waals surface area (Å²) < 4.78 is 2.62. The molecular weight excluding hydrogens is 316 g/mol. The Kier molecular flexibility index (Phi) is 3.42. The van der Waals surface area contributed by atoms with Crippen molar-refractivity contribution in [2.45, 2.75) is 6.54 Å². The van der Waals surface area contributed by atoms with Crippen LogP contribution in [0.1, 0.15) is 15.9 Å². The second kappa shape index (κ2) is 5.23. The lowest BCUT2D eigenvalue weighted by Gasteiger charge is -2.04. The number of rotatable bonds is 2. The van der Waals surface area contributed by atoms with E-state index in [9.17, 15) is 4.79 Å². The van der Waals surface area contributed by atoms with Crippen LogP contribution in [0.25, 0.3) is 10.9 Å². The van der Waals surface area contributed by atoms with E-state index >= 15 is 0 Å². The van der Waals surface area contributed by atoms with Crippen molar-refractivity contribution in [2.24, 2.45) is 5.73 Å². The molecule has 0 saturated carbocycles. The van der Waals surface area contributed by atoms with Gasteiger partial charge in [0.2, 0.25) is 0 Å². The summed E-state index contributed by atoms with van der Waals surface area (Å²) in [5.74, 6) is -0.0478. The molecule has 0 fully saturated rings. The van der Waals surface area contributed by atoms with Crippen LogP contribution in [0, 0.1) is 0 Å². The lowest BCUT2D eigenvalue weighted by molar-refractivity contribution is 0.0965. The predicted octanol–water partition coefficient (Wildman–Crippen LogP) is 3.55. The summed E-state index contributed by atoms with van der Waals surface area (Å²) in [7, 11) is 0. The Morgan fingerprint density at radius 2 is 1.80 bits per heavy atom. The second-order valence-electron chi connectivity index (χ2n) is 4.56. The standard InChI is InChI=1S/C16H13BrN2O/c17-13-7-5-11(6-8-13)16(20)19-10-12(9-18)14-3-1-2-4-15(14)19/h1-8,10H,9,18H2. The Labute approximate surface area is 125 Å². The molecule has 0 bridgehead atoms. The third kappa shape index (κ3) is 2.17. The van der Waals surface area contributed by atoms with Crippen LogP contribution >= 0.6 is 15.9 Å². The molecule has 2 aromatic carbocycles. The van der Waals surface area contributed by atoms with E-state index in [1.165, 1.54) is 0 Å². The van der Waals surface area contributed by atoms with Gasteiger partial charge in [-0.2, -0.15) is 0 Å². The van der Waals surface area contributed by atoms with E-state index in [2.05, 4.69) is 15.9 Å². The minimum Gasteiger partial charge on any atom is -0.326 e. The molecule has 100 valence electrons. The van der Waals surface area contributed by atoms with Crippen molar-refractivity contribution in [1.29, 1.82) is 0 Å². The van der Waals surface area contributed by atoms with E-state index in [1.54, 1.807) is 4.57 Å². The van der Waals surface area contributed by atoms with Crippen molar-refractivity contribution >= 4 is 32.7 Å². The van der Waals surface area contributed by atoms with Crippen molar-refractivity contribution < 1.29 is 4.79 Å². The van der Waals surface area contributed by atoms with Gasteiger partial charge in [-0.3, -0.25) is 9.36 Å². The Morgan fingerprint density at radius 1 is 1.10 bits per heavy atom. The number of benzene rings is 2. The first kappa shape index (κ1) is 13.1. The van der Waals surface area contributed by atoms with Gasteiger partial charge in [-0.25, -0.2) is 0 Å². The van der Waals surface area contributed by atoms with Crippen LogP contribution in [-0.2, 0) is 6.54 Å².